The largest absolute Gasteiger partial charge is 0.445 e. The van der Waals surface area contributed by atoms with Crippen LogP contribution in [0.2, 0.25) is 0 Å². The molecule has 0 saturated carbocycles. The molecule has 1 fully saturated rings. The van der Waals surface area contributed by atoms with Crippen LogP contribution in [0.25, 0.3) is 0 Å². The van der Waals surface area contributed by atoms with Gasteiger partial charge in [-0.1, -0.05) is 71.4 Å². The first-order valence-corrected chi connectivity index (χ1v) is 12.3. The van der Waals surface area contributed by atoms with Crippen LogP contribution in [-0.2, 0) is 15.5 Å². The van der Waals surface area contributed by atoms with E-state index in [1.807, 2.05) is 30.3 Å². The first-order chi connectivity index (χ1) is 12.5. The molecule has 0 aromatic heterocycles. The Morgan fingerprint density at radius 1 is 1.19 bits per heavy atom. The number of carbonyl (C=O) groups excluding carboxylic acids is 1. The van der Waals surface area contributed by atoms with Crippen LogP contribution in [0.5, 0.6) is 0 Å². The van der Waals surface area contributed by atoms with Crippen LogP contribution in [-0.4, -0.2) is 46.9 Å². The van der Waals surface area contributed by atoms with E-state index in [4.69, 9.17) is 8.92 Å². The minimum atomic E-state index is -1.20. The first kappa shape index (κ1) is 23.8. The highest BCUT2D eigenvalue weighted by Gasteiger charge is 2.40. The summed E-state index contributed by atoms with van der Waals surface area (Å²) in [5.74, 6) is 0. The average molecular weight is 398 g/mol. The molecule has 2 atom stereocenters. The lowest BCUT2D eigenvalue weighted by molar-refractivity contribution is 0.0835. The predicted molar refractivity (Wildman–Crippen MR) is 117 cm³/mol. The number of benzene rings is 1. The molecule has 1 aromatic carbocycles. The topological polar surface area (TPSA) is 38.8 Å². The highest BCUT2D eigenvalue weighted by molar-refractivity contribution is 8.29. The number of nitrogens with zero attached hydrogens (tertiary/aromatic N) is 1. The highest BCUT2D eigenvalue weighted by atomic mass is 32.3. The molecule has 4 nitrogen and oxygen atoms in total. The van der Waals surface area contributed by atoms with Crippen molar-refractivity contribution in [2.45, 2.75) is 77.9 Å². The van der Waals surface area contributed by atoms with E-state index in [0.29, 0.717) is 13.2 Å². The van der Waals surface area contributed by atoms with Crippen LogP contribution < -0.4 is 0 Å². The normalized spacial score (nSPS) is 20.7. The Bertz CT molecular complexity index is 569. The summed E-state index contributed by atoms with van der Waals surface area (Å²) in [5, 5.41) is 0. The van der Waals surface area contributed by atoms with Gasteiger partial charge in [-0.3, -0.25) is 0 Å². The monoisotopic (exact) mass is 397 g/mol. The van der Waals surface area contributed by atoms with E-state index in [2.05, 4.69) is 54.1 Å². The first-order valence-electron chi connectivity index (χ1n) is 9.92. The van der Waals surface area contributed by atoms with Crippen molar-refractivity contribution in [2.75, 3.05) is 19.1 Å². The summed E-state index contributed by atoms with van der Waals surface area (Å²) in [4.78, 5) is 14.2. The van der Waals surface area contributed by atoms with E-state index in [1.165, 1.54) is 6.42 Å². The van der Waals surface area contributed by atoms with Crippen LogP contribution >= 0.6 is 10.3 Å². The zero-order valence-electron chi connectivity index (χ0n) is 18.5. The molecule has 0 unspecified atom stereocenters. The summed E-state index contributed by atoms with van der Waals surface area (Å²) in [6.45, 7) is 14.0. The van der Waals surface area contributed by atoms with Gasteiger partial charge in [0.15, 0.2) is 0 Å². The molecule has 5 heteroatoms. The smallest absolute Gasteiger partial charge is 0.410 e. The summed E-state index contributed by atoms with van der Waals surface area (Å²) in [7, 11) is -1.20. The molecule has 0 aliphatic carbocycles. The standard InChI is InChI=1S/C19H31NO3S.C3H8/c1-15-17(23-24(5,6)19(2,3)4)12-13-20(15)18(21)22-14-16-10-8-7-9-11-16;1-3-2/h7-11,15,17H,12-14H2,1-6H3;3H2,1-2H3/t15-,17-;/m0./s1. The van der Waals surface area contributed by atoms with Crippen molar-refractivity contribution in [1.82, 2.24) is 4.90 Å². The van der Waals surface area contributed by atoms with Crippen LogP contribution in [0, 0.1) is 0 Å². The summed E-state index contributed by atoms with van der Waals surface area (Å²) < 4.78 is 12.0. The van der Waals surface area contributed by atoms with Gasteiger partial charge in [0.2, 0.25) is 0 Å². The fourth-order valence-corrected chi connectivity index (χ4v) is 3.72. The number of amides is 1. The van der Waals surface area contributed by atoms with E-state index >= 15 is 0 Å². The maximum Gasteiger partial charge on any atom is 0.410 e. The van der Waals surface area contributed by atoms with Crippen molar-refractivity contribution >= 4 is 16.4 Å². The number of rotatable bonds is 4. The van der Waals surface area contributed by atoms with Gasteiger partial charge in [0, 0.05) is 11.3 Å². The number of hydrogen-bond donors (Lipinski definition) is 0. The van der Waals surface area contributed by atoms with Gasteiger partial charge < -0.3 is 13.8 Å². The molecular weight excluding hydrogens is 358 g/mol. The molecule has 1 aliphatic rings. The quantitative estimate of drug-likeness (QED) is 0.626. The molecule has 27 heavy (non-hydrogen) atoms. The van der Waals surface area contributed by atoms with Crippen molar-refractivity contribution in [1.29, 1.82) is 0 Å². The Hall–Kier alpha value is -1.20. The lowest BCUT2D eigenvalue weighted by Gasteiger charge is -2.46. The zero-order valence-corrected chi connectivity index (χ0v) is 19.3. The number of ether oxygens (including phenoxy) is 1. The van der Waals surface area contributed by atoms with Crippen molar-refractivity contribution in [3.8, 4) is 0 Å². The summed E-state index contributed by atoms with van der Waals surface area (Å²) in [6, 6.07) is 9.81. The summed E-state index contributed by atoms with van der Waals surface area (Å²) in [6.07, 6.45) is 6.36. The van der Waals surface area contributed by atoms with Crippen molar-refractivity contribution < 1.29 is 13.7 Å². The fraction of sp³-hybridized carbons (Fsp3) is 0.682. The second kappa shape index (κ2) is 10.4. The number of hydrogen-bond acceptors (Lipinski definition) is 3. The molecular formula is C22H39NO3S. The van der Waals surface area contributed by atoms with Gasteiger partial charge in [-0.15, -0.1) is 10.3 Å². The Morgan fingerprint density at radius 3 is 2.26 bits per heavy atom. The highest BCUT2D eigenvalue weighted by Crippen LogP contribution is 2.55. The second-order valence-electron chi connectivity index (χ2n) is 8.45. The minimum absolute atomic E-state index is 0.0439. The summed E-state index contributed by atoms with van der Waals surface area (Å²) in [5.41, 5.74) is 1.00. The molecule has 1 heterocycles. The van der Waals surface area contributed by atoms with E-state index in [0.717, 1.165) is 12.0 Å². The van der Waals surface area contributed by atoms with Crippen LogP contribution in [0.1, 0.15) is 59.9 Å². The van der Waals surface area contributed by atoms with Gasteiger partial charge in [-0.25, -0.2) is 4.79 Å². The van der Waals surface area contributed by atoms with E-state index < -0.39 is 10.3 Å². The molecule has 0 N–H and O–H groups in total. The van der Waals surface area contributed by atoms with Crippen molar-refractivity contribution in [3.05, 3.63) is 35.9 Å². The molecule has 1 aromatic rings. The molecule has 1 aliphatic heterocycles. The van der Waals surface area contributed by atoms with Gasteiger partial charge in [0.25, 0.3) is 0 Å². The molecule has 1 amide bonds. The minimum Gasteiger partial charge on any atom is -0.445 e. The van der Waals surface area contributed by atoms with Crippen LogP contribution in [0.4, 0.5) is 4.79 Å². The van der Waals surface area contributed by atoms with Gasteiger partial charge in [0.1, 0.15) is 6.61 Å². The van der Waals surface area contributed by atoms with E-state index in [1.54, 1.807) is 4.90 Å². The van der Waals surface area contributed by atoms with Crippen LogP contribution in [0.15, 0.2) is 30.3 Å². The maximum atomic E-state index is 12.4. The average Bonchev–Trinajstić information content (AvgIpc) is 2.94. The number of carbonyl (C=O) groups is 1. The molecule has 1 saturated heterocycles. The Kier molecular flexibility index (Phi) is 9.16. The van der Waals surface area contributed by atoms with Crippen molar-refractivity contribution in [3.63, 3.8) is 0 Å². The van der Waals surface area contributed by atoms with E-state index in [9.17, 15) is 4.79 Å². The van der Waals surface area contributed by atoms with Gasteiger partial charge in [-0.2, -0.15) is 0 Å². The lowest BCUT2D eigenvalue weighted by atomic mass is 10.2. The van der Waals surface area contributed by atoms with Crippen LogP contribution in [0.3, 0.4) is 0 Å². The second-order valence-corrected chi connectivity index (χ2v) is 12.3. The number of likely N-dealkylation sites (tertiary alicyclic amines) is 1. The third kappa shape index (κ3) is 7.04. The van der Waals surface area contributed by atoms with Crippen molar-refractivity contribution in [2.24, 2.45) is 0 Å². The third-order valence-electron chi connectivity index (χ3n) is 4.96. The third-order valence-corrected chi connectivity index (χ3v) is 8.64. The molecule has 0 bridgehead atoms. The zero-order chi connectivity index (χ0) is 20.7. The Labute approximate surface area is 168 Å². The summed E-state index contributed by atoms with van der Waals surface area (Å²) >= 11 is 0. The maximum absolute atomic E-state index is 12.4. The van der Waals surface area contributed by atoms with E-state index in [-0.39, 0.29) is 23.0 Å². The lowest BCUT2D eigenvalue weighted by Crippen LogP contribution is -2.40. The Morgan fingerprint density at radius 2 is 1.74 bits per heavy atom. The van der Waals surface area contributed by atoms with Gasteiger partial charge in [0.05, 0.1) is 12.1 Å². The fourth-order valence-electron chi connectivity index (χ4n) is 2.55. The Balaban J connectivity index is 0.00000114. The molecule has 2 rings (SSSR count). The van der Waals surface area contributed by atoms with Gasteiger partial charge in [-0.05, 0) is 31.4 Å². The predicted octanol–water partition coefficient (Wildman–Crippen LogP) is 6.00. The molecule has 0 spiro atoms. The SMILES string of the molecule is CCC.C[C@H]1[C@@H](OS(C)(C)C(C)(C)C)CCN1C(=O)OCc1ccccc1. The van der Waals surface area contributed by atoms with Gasteiger partial charge >= 0.3 is 6.09 Å². The molecule has 0 radical (unpaired) electrons. The molecule has 156 valence electrons.